The molecule has 0 unspecified atom stereocenters. The van der Waals surface area contributed by atoms with Gasteiger partial charge in [0.05, 0.1) is 37.6 Å². The summed E-state index contributed by atoms with van der Waals surface area (Å²) in [5, 5.41) is 0. The van der Waals surface area contributed by atoms with Crippen molar-refractivity contribution in [2.75, 3.05) is 75.2 Å². The van der Waals surface area contributed by atoms with Crippen LogP contribution < -0.4 is 21.2 Å². The highest BCUT2D eigenvalue weighted by Crippen LogP contribution is 2.29. The number of unbranched alkanes of at least 4 members (excludes halogenated alkanes) is 2. The van der Waals surface area contributed by atoms with E-state index < -0.39 is 11.9 Å². The van der Waals surface area contributed by atoms with E-state index in [1.807, 2.05) is 74.5 Å². The lowest BCUT2D eigenvalue weighted by atomic mass is 9.95. The third-order valence-corrected chi connectivity index (χ3v) is 15.5. The maximum absolute atomic E-state index is 14.1. The molecule has 8 rings (SSSR count). The molecule has 2 aromatic carbocycles. The van der Waals surface area contributed by atoms with Gasteiger partial charge < -0.3 is 9.80 Å². The SMILES string of the molecule is CCCc1cc(N2CC[N+](CCCCn3ccc(-c4ccc(C)cc4)nc3=O)(OC(=O)/C=C/C(=O)O[N+]3(CCCCn4ccc(-c5ccccc5C)nc4=O)CCN(c4cc(CCC)nc(C(C)(C)C)n4)CC3)CC2)nc(C(C)(C)C)n1. The summed E-state index contributed by atoms with van der Waals surface area (Å²) in [5.41, 5.74) is 6.16. The molecule has 2 saturated heterocycles. The van der Waals surface area contributed by atoms with Crippen LogP contribution in [0.15, 0.2) is 107 Å². The van der Waals surface area contributed by atoms with E-state index >= 15 is 0 Å². The molecular weight excluding hydrogens is 1030 g/mol. The number of hydrogen-bond acceptors (Lipinski definition) is 14. The molecule has 0 atom stereocenters. The van der Waals surface area contributed by atoms with Crippen LogP contribution in [0.5, 0.6) is 0 Å². The van der Waals surface area contributed by atoms with Crippen LogP contribution in [0.4, 0.5) is 11.6 Å². The van der Waals surface area contributed by atoms with Crippen LogP contribution in [0, 0.1) is 13.8 Å². The van der Waals surface area contributed by atoms with Crippen molar-refractivity contribution in [1.29, 1.82) is 0 Å². The number of benzene rings is 2. The smallest absolute Gasteiger partial charge is 0.345 e. The summed E-state index contributed by atoms with van der Waals surface area (Å²) in [6.07, 6.45) is 12.2. The number of piperazine rings is 2. The molecule has 0 bridgehead atoms. The quantitative estimate of drug-likeness (QED) is 0.0357. The molecule has 2 aliphatic heterocycles. The van der Waals surface area contributed by atoms with E-state index in [0.717, 1.165) is 82.6 Å². The minimum Gasteiger partial charge on any atom is -0.345 e. The van der Waals surface area contributed by atoms with Crippen LogP contribution in [-0.4, -0.2) is 126 Å². The predicted octanol–water partition coefficient (Wildman–Crippen LogP) is 9.24. The molecule has 0 spiro atoms. The fourth-order valence-corrected chi connectivity index (χ4v) is 10.6. The normalized spacial score (nSPS) is 15.4. The van der Waals surface area contributed by atoms with Crippen LogP contribution >= 0.6 is 0 Å². The number of aryl methyl sites for hydroxylation is 6. The van der Waals surface area contributed by atoms with Crippen LogP contribution in [0.1, 0.15) is 128 Å². The topological polar surface area (TPSA) is 180 Å². The molecule has 0 amide bonds. The third kappa shape index (κ3) is 16.0. The van der Waals surface area contributed by atoms with Gasteiger partial charge in [-0.1, -0.05) is 122 Å². The van der Waals surface area contributed by atoms with Gasteiger partial charge in [0.1, 0.15) is 62.6 Å². The number of hydrogen-bond donors (Lipinski definition) is 0. The van der Waals surface area contributed by atoms with E-state index in [9.17, 15) is 19.2 Å². The van der Waals surface area contributed by atoms with Crippen LogP contribution in [-0.2, 0) is 56.0 Å². The first-order chi connectivity index (χ1) is 39.1. The first kappa shape index (κ1) is 60.7. The average molecular weight is 1120 g/mol. The van der Waals surface area contributed by atoms with Gasteiger partial charge in [-0.3, -0.25) is 18.8 Å². The van der Waals surface area contributed by atoms with Crippen molar-refractivity contribution in [3.63, 3.8) is 0 Å². The fourth-order valence-electron chi connectivity index (χ4n) is 10.6. The van der Waals surface area contributed by atoms with Crippen molar-refractivity contribution in [2.45, 2.75) is 145 Å². The molecule has 82 heavy (non-hydrogen) atoms. The molecule has 6 aromatic rings. The number of carbonyl (C=O) groups is 2. The molecule has 2 aliphatic rings. The number of quaternary nitrogens is 2. The van der Waals surface area contributed by atoms with Gasteiger partial charge in [-0.2, -0.15) is 9.97 Å². The van der Waals surface area contributed by atoms with Crippen molar-refractivity contribution in [3.8, 4) is 22.5 Å². The highest BCUT2D eigenvalue weighted by molar-refractivity contribution is 5.91. The highest BCUT2D eigenvalue weighted by atomic mass is 16.8. The summed E-state index contributed by atoms with van der Waals surface area (Å²) < 4.78 is 3.33. The number of hydroxylamine groups is 6. The Bertz CT molecular complexity index is 3310. The number of carbonyl (C=O) groups excluding carboxylic acids is 2. The summed E-state index contributed by atoms with van der Waals surface area (Å²) in [6.45, 7) is 27.2. The Labute approximate surface area is 484 Å². The molecule has 4 aromatic heterocycles. The fraction of sp³-hybridized carbons (Fsp3) is 0.500. The lowest BCUT2D eigenvalue weighted by Crippen LogP contribution is -2.61. The van der Waals surface area contributed by atoms with E-state index in [-0.39, 0.29) is 31.5 Å². The Balaban J connectivity index is 0.965. The van der Waals surface area contributed by atoms with Gasteiger partial charge in [0.15, 0.2) is 0 Å². The summed E-state index contributed by atoms with van der Waals surface area (Å²) in [6, 6.07) is 23.7. The van der Waals surface area contributed by atoms with Crippen LogP contribution in [0.3, 0.4) is 0 Å². The monoisotopic (exact) mass is 1120 g/mol. The Morgan fingerprint density at radius 2 is 1.00 bits per heavy atom. The maximum atomic E-state index is 14.1. The second-order valence-corrected chi connectivity index (χ2v) is 24.3. The van der Waals surface area contributed by atoms with Gasteiger partial charge in [-0.05, 0) is 57.2 Å². The molecule has 436 valence electrons. The minimum atomic E-state index is -0.648. The summed E-state index contributed by atoms with van der Waals surface area (Å²) in [4.78, 5) is 101. The number of rotatable bonds is 22. The van der Waals surface area contributed by atoms with Crippen LogP contribution in [0.2, 0.25) is 0 Å². The molecular formula is C64H86N12O6+2. The second-order valence-electron chi connectivity index (χ2n) is 24.3. The number of nitrogens with zero attached hydrogens (tertiary/aromatic N) is 12. The largest absolute Gasteiger partial charge is 0.390 e. The van der Waals surface area contributed by atoms with Gasteiger partial charge in [-0.15, -0.1) is 9.29 Å². The summed E-state index contributed by atoms with van der Waals surface area (Å²) in [5.74, 6) is 2.01. The van der Waals surface area contributed by atoms with Crippen molar-refractivity contribution >= 4 is 23.6 Å². The molecule has 0 radical (unpaired) electrons. The lowest BCUT2D eigenvalue weighted by Gasteiger charge is -2.42. The zero-order chi connectivity index (χ0) is 58.7. The van der Waals surface area contributed by atoms with E-state index in [1.165, 1.54) is 12.2 Å². The molecule has 0 saturated carbocycles. The van der Waals surface area contributed by atoms with E-state index in [0.29, 0.717) is 116 Å². The predicted molar refractivity (Wildman–Crippen MR) is 321 cm³/mol. The second kappa shape index (κ2) is 26.6. The summed E-state index contributed by atoms with van der Waals surface area (Å²) >= 11 is 0. The minimum absolute atomic E-state index is 0.0379. The van der Waals surface area contributed by atoms with Gasteiger partial charge in [0, 0.05) is 96.0 Å². The molecule has 6 heterocycles. The lowest BCUT2D eigenvalue weighted by molar-refractivity contribution is -1.09. The van der Waals surface area contributed by atoms with Crippen molar-refractivity contribution in [3.05, 3.63) is 152 Å². The molecule has 18 nitrogen and oxygen atoms in total. The van der Waals surface area contributed by atoms with Crippen molar-refractivity contribution in [1.82, 2.24) is 39.0 Å². The highest BCUT2D eigenvalue weighted by Gasteiger charge is 2.40. The van der Waals surface area contributed by atoms with Crippen LogP contribution in [0.25, 0.3) is 22.5 Å². The number of aromatic nitrogens is 8. The molecule has 2 fully saturated rings. The first-order valence-corrected chi connectivity index (χ1v) is 29.6. The van der Waals surface area contributed by atoms with Gasteiger partial charge in [-0.25, -0.2) is 39.1 Å². The Morgan fingerprint density at radius 3 is 1.43 bits per heavy atom. The third-order valence-electron chi connectivity index (χ3n) is 15.5. The van der Waals surface area contributed by atoms with Crippen molar-refractivity contribution < 1.29 is 28.6 Å². The van der Waals surface area contributed by atoms with Gasteiger partial charge in [0.25, 0.3) is 0 Å². The average Bonchev–Trinajstić information content (AvgIpc) is 3.48. The Morgan fingerprint density at radius 1 is 0.561 bits per heavy atom. The Kier molecular flexibility index (Phi) is 19.7. The zero-order valence-corrected chi connectivity index (χ0v) is 50.2. The molecule has 0 N–H and O–H groups in total. The number of anilines is 2. The standard InChI is InChI=1S/C64H86N12O6/c1-11-19-50-45-55(69-59(65-50)63(5,6)7)71-35-41-75(42-36-71,39-17-15-31-73-33-29-53(67-61(73)79)49-25-23-47(3)24-26-49)81-57(77)27-28-58(78)82-76(40-18-16-32-74-34-30-54(68-62(74)80)52-22-14-13-21-48(52)4)43-37-72(38-44-76)56-46-51(20-12-2)66-60(70-56)64(8,9)10/h13-14,21-30,33-34,45-46H,11-12,15-20,31-32,35-44H2,1-10H3/q+2/b28-27+. The maximum Gasteiger partial charge on any atom is 0.390 e. The van der Waals surface area contributed by atoms with Gasteiger partial charge in [0.2, 0.25) is 0 Å². The van der Waals surface area contributed by atoms with E-state index in [2.05, 4.69) is 87.3 Å². The van der Waals surface area contributed by atoms with Gasteiger partial charge >= 0.3 is 23.3 Å². The molecule has 0 aliphatic carbocycles. The van der Waals surface area contributed by atoms with E-state index in [1.54, 1.807) is 21.5 Å². The Hall–Kier alpha value is -7.44. The summed E-state index contributed by atoms with van der Waals surface area (Å²) in [7, 11) is 0. The van der Waals surface area contributed by atoms with Crippen molar-refractivity contribution in [2.24, 2.45) is 0 Å². The zero-order valence-electron chi connectivity index (χ0n) is 50.2. The van der Waals surface area contributed by atoms with E-state index in [4.69, 9.17) is 29.6 Å². The molecule has 18 heteroatoms. The first-order valence-electron chi connectivity index (χ1n) is 29.6.